The lowest BCUT2D eigenvalue weighted by molar-refractivity contribution is -0.131. The van der Waals surface area contributed by atoms with Crippen molar-refractivity contribution in [3.63, 3.8) is 0 Å². The third-order valence-electron chi connectivity index (χ3n) is 5.69. The average molecular weight is 418 g/mol. The summed E-state index contributed by atoms with van der Waals surface area (Å²) in [6.45, 7) is 7.64. The van der Waals surface area contributed by atoms with Gasteiger partial charge in [-0.2, -0.15) is 5.10 Å². The number of nitrogens with one attached hydrogen (secondary N) is 1. The fourth-order valence-corrected chi connectivity index (χ4v) is 5.07. The molecule has 2 aliphatic rings. The summed E-state index contributed by atoms with van der Waals surface area (Å²) in [4.78, 5) is 35.1. The van der Waals surface area contributed by atoms with E-state index in [2.05, 4.69) is 15.2 Å². The van der Waals surface area contributed by atoms with Gasteiger partial charge in [-0.3, -0.25) is 14.7 Å². The zero-order chi connectivity index (χ0) is 20.4. The lowest BCUT2D eigenvalue weighted by Gasteiger charge is -2.33. The first-order chi connectivity index (χ1) is 14.0. The van der Waals surface area contributed by atoms with Crippen molar-refractivity contribution in [2.75, 3.05) is 39.4 Å². The number of carbonyl (C=O) groups excluding carboxylic acids is 2. The third-order valence-corrected chi connectivity index (χ3v) is 6.76. The zero-order valence-electron chi connectivity index (χ0n) is 16.9. The molecule has 0 aromatic carbocycles. The Labute approximate surface area is 174 Å². The van der Waals surface area contributed by atoms with Gasteiger partial charge in [0.15, 0.2) is 0 Å². The molecule has 4 heterocycles. The van der Waals surface area contributed by atoms with E-state index in [0.29, 0.717) is 44.8 Å². The molecular weight excluding hydrogens is 390 g/mol. The quantitative estimate of drug-likeness (QED) is 0.820. The number of ether oxygens (including phenoxy) is 1. The average Bonchev–Trinajstić information content (AvgIpc) is 3.34. The van der Waals surface area contributed by atoms with Crippen LogP contribution in [0.5, 0.6) is 0 Å². The SMILES string of the molecule is Cc1nc(C)c(CC(=O)N2CCC[C@H](c3[nH]ncc3C(=O)N3CCOCC3)C2)s1. The second-order valence-electron chi connectivity index (χ2n) is 7.70. The van der Waals surface area contributed by atoms with Crippen LogP contribution in [0.2, 0.25) is 0 Å². The van der Waals surface area contributed by atoms with Crippen molar-refractivity contribution in [2.45, 2.75) is 39.0 Å². The lowest BCUT2D eigenvalue weighted by Crippen LogP contribution is -2.42. The zero-order valence-corrected chi connectivity index (χ0v) is 17.8. The molecule has 2 saturated heterocycles. The van der Waals surface area contributed by atoms with Crippen LogP contribution in [0.3, 0.4) is 0 Å². The molecule has 2 aromatic heterocycles. The number of aromatic nitrogens is 3. The summed E-state index contributed by atoms with van der Waals surface area (Å²) in [6, 6.07) is 0. The van der Waals surface area contributed by atoms with E-state index in [1.54, 1.807) is 17.5 Å². The number of nitrogens with zero attached hydrogens (tertiary/aromatic N) is 4. The number of thiazole rings is 1. The number of amides is 2. The summed E-state index contributed by atoms with van der Waals surface area (Å²) < 4.78 is 5.35. The van der Waals surface area contributed by atoms with Crippen LogP contribution < -0.4 is 0 Å². The van der Waals surface area contributed by atoms with Crippen molar-refractivity contribution in [1.82, 2.24) is 25.0 Å². The van der Waals surface area contributed by atoms with Crippen LogP contribution in [-0.2, 0) is 16.0 Å². The fourth-order valence-electron chi connectivity index (χ4n) is 4.14. The minimum absolute atomic E-state index is 0.00346. The normalized spacial score (nSPS) is 20.1. The standard InChI is InChI=1S/C20H27N5O3S/c1-13-17(29-14(2)22-13)10-18(26)25-5-3-4-15(12-25)19-16(11-21-23-19)20(27)24-6-8-28-9-7-24/h11,15H,3-10,12H2,1-2H3,(H,21,23)/t15-/m0/s1. The van der Waals surface area contributed by atoms with Crippen molar-refractivity contribution >= 4 is 23.2 Å². The first-order valence-corrected chi connectivity index (χ1v) is 11.0. The van der Waals surface area contributed by atoms with E-state index in [1.165, 1.54) is 0 Å². The molecule has 0 saturated carbocycles. The number of H-pyrrole nitrogens is 1. The second kappa shape index (κ2) is 8.62. The molecule has 1 N–H and O–H groups in total. The number of hydrogen-bond donors (Lipinski definition) is 1. The molecule has 0 radical (unpaired) electrons. The van der Waals surface area contributed by atoms with Gasteiger partial charge in [0.1, 0.15) is 0 Å². The van der Waals surface area contributed by atoms with E-state index < -0.39 is 0 Å². The minimum Gasteiger partial charge on any atom is -0.378 e. The molecule has 0 aliphatic carbocycles. The number of rotatable bonds is 4. The molecular formula is C20H27N5O3S. The predicted octanol–water partition coefficient (Wildman–Crippen LogP) is 1.90. The lowest BCUT2D eigenvalue weighted by atomic mass is 9.92. The highest BCUT2D eigenvalue weighted by atomic mass is 32.1. The molecule has 2 amide bonds. The van der Waals surface area contributed by atoms with E-state index in [0.717, 1.165) is 40.7 Å². The molecule has 29 heavy (non-hydrogen) atoms. The molecule has 8 nitrogen and oxygen atoms in total. The smallest absolute Gasteiger partial charge is 0.257 e. The maximum absolute atomic E-state index is 12.9. The highest BCUT2D eigenvalue weighted by molar-refractivity contribution is 7.11. The molecule has 0 unspecified atom stereocenters. The van der Waals surface area contributed by atoms with Gasteiger partial charge in [0.25, 0.3) is 5.91 Å². The summed E-state index contributed by atoms with van der Waals surface area (Å²) in [7, 11) is 0. The molecule has 0 bridgehead atoms. The van der Waals surface area contributed by atoms with Gasteiger partial charge >= 0.3 is 0 Å². The second-order valence-corrected chi connectivity index (χ2v) is 8.99. The molecule has 4 rings (SSSR count). The van der Waals surface area contributed by atoms with Crippen molar-refractivity contribution in [3.8, 4) is 0 Å². The summed E-state index contributed by atoms with van der Waals surface area (Å²) in [5, 5.41) is 8.19. The number of hydrogen-bond acceptors (Lipinski definition) is 6. The Balaban J connectivity index is 1.45. The number of aryl methyl sites for hydroxylation is 2. The Hall–Kier alpha value is -2.26. The van der Waals surface area contributed by atoms with Crippen LogP contribution in [0.4, 0.5) is 0 Å². The van der Waals surface area contributed by atoms with E-state index in [1.807, 2.05) is 23.6 Å². The third kappa shape index (κ3) is 4.35. The van der Waals surface area contributed by atoms with Crippen molar-refractivity contribution in [1.29, 1.82) is 0 Å². The molecule has 2 fully saturated rings. The van der Waals surface area contributed by atoms with Crippen LogP contribution in [0.25, 0.3) is 0 Å². The number of aromatic amines is 1. The van der Waals surface area contributed by atoms with Crippen LogP contribution in [0, 0.1) is 13.8 Å². The van der Waals surface area contributed by atoms with Crippen LogP contribution in [-0.4, -0.2) is 76.2 Å². The summed E-state index contributed by atoms with van der Waals surface area (Å²) in [5.74, 6) is 0.220. The monoisotopic (exact) mass is 417 g/mol. The van der Waals surface area contributed by atoms with Crippen molar-refractivity contribution in [2.24, 2.45) is 0 Å². The van der Waals surface area contributed by atoms with Crippen LogP contribution in [0.15, 0.2) is 6.20 Å². The van der Waals surface area contributed by atoms with Crippen molar-refractivity contribution in [3.05, 3.63) is 33.0 Å². The van der Waals surface area contributed by atoms with Crippen LogP contribution in [0.1, 0.15) is 50.4 Å². The highest BCUT2D eigenvalue weighted by Crippen LogP contribution is 2.29. The van der Waals surface area contributed by atoms with Gasteiger partial charge in [-0.05, 0) is 26.7 Å². The number of likely N-dealkylation sites (tertiary alicyclic amines) is 1. The molecule has 0 spiro atoms. The Kier molecular flexibility index (Phi) is 5.96. The van der Waals surface area contributed by atoms with Gasteiger partial charge in [-0.15, -0.1) is 11.3 Å². The summed E-state index contributed by atoms with van der Waals surface area (Å²) in [6.07, 6.45) is 3.87. The molecule has 2 aliphatic heterocycles. The van der Waals surface area contributed by atoms with Crippen molar-refractivity contribution < 1.29 is 14.3 Å². The number of carbonyl (C=O) groups is 2. The van der Waals surface area contributed by atoms with Gasteiger partial charge in [0, 0.05) is 37.0 Å². The minimum atomic E-state index is -0.00346. The maximum Gasteiger partial charge on any atom is 0.257 e. The van der Waals surface area contributed by atoms with E-state index >= 15 is 0 Å². The van der Waals surface area contributed by atoms with Gasteiger partial charge in [0.05, 0.1) is 47.8 Å². The van der Waals surface area contributed by atoms with E-state index in [9.17, 15) is 9.59 Å². The largest absolute Gasteiger partial charge is 0.378 e. The Morgan fingerprint density at radius 1 is 1.24 bits per heavy atom. The summed E-state index contributed by atoms with van der Waals surface area (Å²) >= 11 is 1.59. The molecule has 9 heteroatoms. The van der Waals surface area contributed by atoms with Gasteiger partial charge in [-0.1, -0.05) is 0 Å². The highest BCUT2D eigenvalue weighted by Gasteiger charge is 2.31. The van der Waals surface area contributed by atoms with E-state index in [-0.39, 0.29) is 17.7 Å². The topological polar surface area (TPSA) is 91.4 Å². The molecule has 156 valence electrons. The first-order valence-electron chi connectivity index (χ1n) is 10.1. The maximum atomic E-state index is 12.9. The van der Waals surface area contributed by atoms with Crippen LogP contribution >= 0.6 is 11.3 Å². The summed E-state index contributed by atoms with van der Waals surface area (Å²) in [5.41, 5.74) is 2.42. The van der Waals surface area contributed by atoms with Gasteiger partial charge in [0.2, 0.25) is 5.91 Å². The predicted molar refractivity (Wildman–Crippen MR) is 109 cm³/mol. The Bertz CT molecular complexity index is 887. The van der Waals surface area contributed by atoms with Gasteiger partial charge < -0.3 is 14.5 Å². The fraction of sp³-hybridized carbons (Fsp3) is 0.600. The van der Waals surface area contributed by atoms with Gasteiger partial charge in [-0.25, -0.2) is 4.98 Å². The molecule has 1 atom stereocenters. The number of morpholine rings is 1. The van der Waals surface area contributed by atoms with E-state index in [4.69, 9.17) is 4.74 Å². The Morgan fingerprint density at radius 3 is 2.76 bits per heavy atom. The first kappa shape index (κ1) is 20.0. The Morgan fingerprint density at radius 2 is 2.03 bits per heavy atom. The number of piperidine rings is 1. The molecule has 2 aromatic rings.